The quantitative estimate of drug-likeness (QED) is 0.786. The van der Waals surface area contributed by atoms with Gasteiger partial charge >= 0.3 is 5.97 Å². The third kappa shape index (κ3) is 3.13. The van der Waals surface area contributed by atoms with E-state index in [9.17, 15) is 4.79 Å². The summed E-state index contributed by atoms with van der Waals surface area (Å²) in [6.45, 7) is 2.27. The topological polar surface area (TPSA) is 39.2 Å². The summed E-state index contributed by atoms with van der Waals surface area (Å²) in [5.41, 5.74) is 2.25. The molecular weight excluding hydrogens is 274 g/mol. The highest BCUT2D eigenvalue weighted by molar-refractivity contribution is 5.90. The van der Waals surface area contributed by atoms with E-state index >= 15 is 0 Å². The Morgan fingerprint density at radius 1 is 1.18 bits per heavy atom. The Balaban J connectivity index is 1.97. The molecule has 0 saturated heterocycles. The molecule has 1 aromatic carbocycles. The number of pyridine rings is 1. The summed E-state index contributed by atoms with van der Waals surface area (Å²) in [5, 5.41) is 2.35. The zero-order valence-electron chi connectivity index (χ0n) is 13.2. The van der Waals surface area contributed by atoms with Crippen LogP contribution in [0.1, 0.15) is 56.2 Å². The van der Waals surface area contributed by atoms with Gasteiger partial charge in [0.2, 0.25) is 0 Å². The molecule has 1 fully saturated rings. The van der Waals surface area contributed by atoms with Gasteiger partial charge in [0.1, 0.15) is 0 Å². The molecule has 22 heavy (non-hydrogen) atoms. The molecule has 1 aliphatic carbocycles. The van der Waals surface area contributed by atoms with Crippen LogP contribution in [0.3, 0.4) is 0 Å². The molecule has 0 N–H and O–H groups in total. The van der Waals surface area contributed by atoms with E-state index < -0.39 is 0 Å². The first kappa shape index (κ1) is 15.0. The van der Waals surface area contributed by atoms with Crippen LogP contribution in [0.2, 0.25) is 0 Å². The molecule has 2 aromatic rings. The minimum absolute atomic E-state index is 0.161. The summed E-state index contributed by atoms with van der Waals surface area (Å²) >= 11 is 0. The largest absolute Gasteiger partial charge is 0.466 e. The first-order valence-corrected chi connectivity index (χ1v) is 8.31. The van der Waals surface area contributed by atoms with E-state index in [1.165, 1.54) is 43.2 Å². The van der Waals surface area contributed by atoms with Crippen LogP contribution in [-0.4, -0.2) is 17.6 Å². The van der Waals surface area contributed by atoms with E-state index in [1.807, 2.05) is 31.3 Å². The Hall–Kier alpha value is -1.90. The summed E-state index contributed by atoms with van der Waals surface area (Å²) in [6, 6.07) is 8.21. The van der Waals surface area contributed by atoms with E-state index in [2.05, 4.69) is 11.1 Å². The number of carbonyl (C=O) groups excluding carboxylic acids is 1. The Kier molecular flexibility index (Phi) is 4.71. The van der Waals surface area contributed by atoms with Crippen molar-refractivity contribution in [2.75, 3.05) is 6.61 Å². The number of carbonyl (C=O) groups is 1. The predicted octanol–water partition coefficient (Wildman–Crippen LogP) is 4.39. The van der Waals surface area contributed by atoms with Crippen LogP contribution in [0.4, 0.5) is 0 Å². The van der Waals surface area contributed by atoms with E-state index in [0.29, 0.717) is 18.9 Å². The summed E-state index contributed by atoms with van der Waals surface area (Å²) in [5.74, 6) is 0.404. The third-order valence-electron chi connectivity index (χ3n) is 4.56. The third-order valence-corrected chi connectivity index (χ3v) is 4.56. The second kappa shape index (κ2) is 6.91. The molecule has 3 rings (SSSR count). The lowest BCUT2D eigenvalue weighted by molar-refractivity contribution is -0.142. The van der Waals surface area contributed by atoms with Crippen LogP contribution in [0.5, 0.6) is 0 Å². The maximum atomic E-state index is 11.8. The number of nitrogens with zero attached hydrogens (tertiary/aromatic N) is 1. The van der Waals surface area contributed by atoms with Gasteiger partial charge in [-0.05, 0) is 36.8 Å². The fourth-order valence-corrected chi connectivity index (χ4v) is 3.52. The van der Waals surface area contributed by atoms with Crippen LogP contribution < -0.4 is 0 Å². The molecule has 1 aromatic heterocycles. The number of benzene rings is 1. The van der Waals surface area contributed by atoms with Crippen LogP contribution in [0.15, 0.2) is 30.5 Å². The second-order valence-corrected chi connectivity index (χ2v) is 6.03. The Morgan fingerprint density at radius 3 is 2.77 bits per heavy atom. The number of fused-ring (bicyclic) bond motifs is 1. The zero-order chi connectivity index (χ0) is 15.4. The van der Waals surface area contributed by atoms with Crippen LogP contribution in [0.25, 0.3) is 10.8 Å². The van der Waals surface area contributed by atoms with E-state index in [4.69, 9.17) is 4.74 Å². The lowest BCUT2D eigenvalue weighted by atomic mass is 9.84. The molecule has 3 heteroatoms. The van der Waals surface area contributed by atoms with Crippen LogP contribution >= 0.6 is 0 Å². The maximum Gasteiger partial charge on any atom is 0.310 e. The molecule has 3 nitrogen and oxygen atoms in total. The van der Waals surface area contributed by atoms with Gasteiger partial charge in [-0.2, -0.15) is 0 Å². The monoisotopic (exact) mass is 297 g/mol. The van der Waals surface area contributed by atoms with Crippen molar-refractivity contribution in [1.82, 2.24) is 4.98 Å². The average Bonchev–Trinajstić information content (AvgIpc) is 2.56. The summed E-state index contributed by atoms with van der Waals surface area (Å²) in [6.07, 6.45) is 8.62. The highest BCUT2D eigenvalue weighted by Gasteiger charge is 2.19. The van der Waals surface area contributed by atoms with Crippen molar-refractivity contribution < 1.29 is 9.53 Å². The van der Waals surface area contributed by atoms with Gasteiger partial charge in [0.25, 0.3) is 0 Å². The first-order chi connectivity index (χ1) is 10.8. The molecule has 1 aliphatic rings. The number of rotatable bonds is 4. The Labute approximate surface area is 131 Å². The Morgan fingerprint density at radius 2 is 2.00 bits per heavy atom. The molecule has 116 valence electrons. The zero-order valence-corrected chi connectivity index (χ0v) is 13.2. The van der Waals surface area contributed by atoms with E-state index in [1.54, 1.807) is 0 Å². The first-order valence-electron chi connectivity index (χ1n) is 8.31. The lowest BCUT2D eigenvalue weighted by Gasteiger charge is -2.22. The molecule has 0 bridgehead atoms. The fraction of sp³-hybridized carbons (Fsp3) is 0.474. The summed E-state index contributed by atoms with van der Waals surface area (Å²) < 4.78 is 5.09. The molecule has 0 aliphatic heterocycles. The standard InChI is InChI=1S/C19H23NO2/c1-2-22-18(21)13-15-9-6-10-17-16(15)11-12-20-19(17)14-7-4-3-5-8-14/h6,9-12,14H,2-5,7-8,13H2,1H3. The van der Waals surface area contributed by atoms with E-state index in [0.717, 1.165) is 10.9 Å². The highest BCUT2D eigenvalue weighted by atomic mass is 16.5. The maximum absolute atomic E-state index is 11.8. The van der Waals surface area contributed by atoms with Crippen molar-refractivity contribution in [3.8, 4) is 0 Å². The molecule has 0 spiro atoms. The Bertz CT molecular complexity index is 660. The highest BCUT2D eigenvalue weighted by Crippen LogP contribution is 2.35. The minimum Gasteiger partial charge on any atom is -0.466 e. The molecule has 0 unspecified atom stereocenters. The van der Waals surface area contributed by atoms with Crippen molar-refractivity contribution >= 4 is 16.7 Å². The van der Waals surface area contributed by atoms with Crippen LogP contribution in [0, 0.1) is 0 Å². The van der Waals surface area contributed by atoms with Gasteiger partial charge < -0.3 is 4.74 Å². The molecule has 0 radical (unpaired) electrons. The van der Waals surface area contributed by atoms with Crippen LogP contribution in [-0.2, 0) is 16.0 Å². The van der Waals surface area contributed by atoms with Gasteiger partial charge in [-0.25, -0.2) is 0 Å². The number of esters is 1. The average molecular weight is 297 g/mol. The van der Waals surface area contributed by atoms with Crippen molar-refractivity contribution in [2.45, 2.75) is 51.4 Å². The SMILES string of the molecule is CCOC(=O)Cc1cccc2c(C3CCCCC3)nccc12. The molecule has 1 saturated carbocycles. The lowest BCUT2D eigenvalue weighted by Crippen LogP contribution is -2.09. The smallest absolute Gasteiger partial charge is 0.310 e. The van der Waals surface area contributed by atoms with Crippen molar-refractivity contribution in [1.29, 1.82) is 0 Å². The van der Waals surface area contributed by atoms with E-state index in [-0.39, 0.29) is 5.97 Å². The molecule has 0 atom stereocenters. The van der Waals surface area contributed by atoms with Gasteiger partial charge in [0.05, 0.1) is 18.7 Å². The predicted molar refractivity (Wildman–Crippen MR) is 87.9 cm³/mol. The number of hydrogen-bond donors (Lipinski definition) is 0. The molecule has 1 heterocycles. The van der Waals surface area contributed by atoms with Gasteiger partial charge in [-0.1, -0.05) is 37.5 Å². The number of aromatic nitrogens is 1. The van der Waals surface area contributed by atoms with Gasteiger partial charge in [-0.15, -0.1) is 0 Å². The normalized spacial score (nSPS) is 15.9. The van der Waals surface area contributed by atoms with Crippen molar-refractivity contribution in [2.24, 2.45) is 0 Å². The number of hydrogen-bond acceptors (Lipinski definition) is 3. The minimum atomic E-state index is -0.161. The molecule has 0 amide bonds. The van der Waals surface area contributed by atoms with Crippen molar-refractivity contribution in [3.05, 3.63) is 41.7 Å². The number of ether oxygens (including phenoxy) is 1. The van der Waals surface area contributed by atoms with Gasteiger partial charge in [-0.3, -0.25) is 9.78 Å². The molecular formula is C19H23NO2. The summed E-state index contributed by atoms with van der Waals surface area (Å²) in [7, 11) is 0. The fourth-order valence-electron chi connectivity index (χ4n) is 3.52. The van der Waals surface area contributed by atoms with Crippen molar-refractivity contribution in [3.63, 3.8) is 0 Å². The van der Waals surface area contributed by atoms with Gasteiger partial charge in [0.15, 0.2) is 0 Å². The second-order valence-electron chi connectivity index (χ2n) is 6.03. The summed E-state index contributed by atoms with van der Waals surface area (Å²) in [4.78, 5) is 16.5. The van der Waals surface area contributed by atoms with Gasteiger partial charge in [0, 0.05) is 17.5 Å².